The number of carbonyl (C=O) groups excluding carboxylic acids is 1. The molecule has 0 aliphatic heterocycles. The van der Waals surface area contributed by atoms with Gasteiger partial charge in [0.15, 0.2) is 5.60 Å². The van der Waals surface area contributed by atoms with Crippen molar-refractivity contribution in [2.24, 2.45) is 0 Å². The number of hydrogen-bond donors (Lipinski definition) is 1. The second-order valence-electron chi connectivity index (χ2n) is 9.69. The second-order valence-corrected chi connectivity index (χ2v) is 11.9. The number of amides is 1. The molecule has 7 heteroatoms. The van der Waals surface area contributed by atoms with Gasteiger partial charge in [0.05, 0.1) is 5.75 Å². The number of rotatable bonds is 11. The van der Waals surface area contributed by atoms with E-state index in [1.807, 2.05) is 109 Å². The number of hydrogen-bond acceptors (Lipinski definition) is 5. The van der Waals surface area contributed by atoms with E-state index in [1.165, 1.54) is 6.26 Å². The molecule has 40 heavy (non-hydrogen) atoms. The maximum atomic E-state index is 13.8. The van der Waals surface area contributed by atoms with E-state index < -0.39 is 21.5 Å². The van der Waals surface area contributed by atoms with E-state index in [9.17, 15) is 13.2 Å². The molecule has 4 aromatic carbocycles. The number of anilines is 2. The van der Waals surface area contributed by atoms with Crippen LogP contribution in [0.4, 0.5) is 16.2 Å². The van der Waals surface area contributed by atoms with Crippen LogP contribution in [0.5, 0.6) is 0 Å². The van der Waals surface area contributed by atoms with Gasteiger partial charge in [0, 0.05) is 47.4 Å². The molecular formula is C33H36N2O4S. The molecule has 0 aliphatic carbocycles. The summed E-state index contributed by atoms with van der Waals surface area (Å²) in [5.74, 6) is -0.0274. The van der Waals surface area contributed by atoms with Gasteiger partial charge < -0.3 is 9.64 Å². The molecule has 0 aliphatic rings. The first-order chi connectivity index (χ1) is 19.3. The Morgan fingerprint density at radius 1 is 0.775 bits per heavy atom. The first kappa shape index (κ1) is 28.9. The predicted molar refractivity (Wildman–Crippen MR) is 163 cm³/mol. The maximum absolute atomic E-state index is 13.8. The van der Waals surface area contributed by atoms with Gasteiger partial charge in [-0.15, -0.1) is 0 Å². The lowest BCUT2D eigenvalue weighted by Crippen LogP contribution is -2.37. The molecule has 4 rings (SSSR count). The Morgan fingerprint density at radius 2 is 1.25 bits per heavy atom. The number of aryl methyl sites for hydroxylation is 1. The van der Waals surface area contributed by atoms with Crippen molar-refractivity contribution in [1.82, 2.24) is 0 Å². The van der Waals surface area contributed by atoms with E-state index in [2.05, 4.69) is 24.1 Å². The average molecular weight is 557 g/mol. The molecule has 0 bridgehead atoms. The van der Waals surface area contributed by atoms with Crippen molar-refractivity contribution in [2.75, 3.05) is 35.3 Å². The van der Waals surface area contributed by atoms with Crippen molar-refractivity contribution in [3.8, 4) is 0 Å². The molecule has 1 N–H and O–H groups in total. The van der Waals surface area contributed by atoms with E-state index >= 15 is 0 Å². The highest BCUT2D eigenvalue weighted by molar-refractivity contribution is 7.90. The predicted octanol–water partition coefficient (Wildman–Crippen LogP) is 6.66. The molecule has 0 radical (unpaired) electrons. The van der Waals surface area contributed by atoms with Crippen LogP contribution < -0.4 is 10.2 Å². The fourth-order valence-corrected chi connectivity index (χ4v) is 5.55. The molecule has 0 atom stereocenters. The number of nitrogens with zero attached hydrogens (tertiary/aromatic N) is 1. The van der Waals surface area contributed by atoms with Crippen LogP contribution >= 0.6 is 0 Å². The number of benzene rings is 4. The smallest absolute Gasteiger partial charge is 0.413 e. The number of ether oxygens (including phenoxy) is 1. The SMILES string of the molecule is CCN(CC)c1ccc(NC(=O)OC(c2ccccc2)(c2ccccc2)c2ccccc2)c(CCS(C)(=O)=O)c1. The van der Waals surface area contributed by atoms with Crippen LogP contribution in [0, 0.1) is 0 Å². The average Bonchev–Trinajstić information content (AvgIpc) is 2.97. The molecule has 208 valence electrons. The highest BCUT2D eigenvalue weighted by Gasteiger charge is 2.40. The molecule has 0 unspecified atom stereocenters. The lowest BCUT2D eigenvalue weighted by molar-refractivity contribution is 0.0786. The Bertz CT molecular complexity index is 1410. The zero-order chi connectivity index (χ0) is 28.6. The molecule has 0 aromatic heterocycles. The molecule has 1 amide bonds. The fourth-order valence-electron chi connectivity index (χ4n) is 4.96. The lowest BCUT2D eigenvalue weighted by atomic mass is 9.80. The van der Waals surface area contributed by atoms with Crippen molar-refractivity contribution in [3.63, 3.8) is 0 Å². The van der Waals surface area contributed by atoms with Crippen LogP contribution in [-0.4, -0.2) is 39.6 Å². The lowest BCUT2D eigenvalue weighted by Gasteiger charge is -2.35. The van der Waals surface area contributed by atoms with Crippen molar-refractivity contribution < 1.29 is 17.9 Å². The van der Waals surface area contributed by atoms with E-state index in [0.29, 0.717) is 5.69 Å². The van der Waals surface area contributed by atoms with Crippen molar-refractivity contribution >= 4 is 27.3 Å². The van der Waals surface area contributed by atoms with Gasteiger partial charge in [0.1, 0.15) is 9.84 Å². The zero-order valence-corrected chi connectivity index (χ0v) is 24.0. The summed E-state index contributed by atoms with van der Waals surface area (Å²) >= 11 is 0. The number of sulfone groups is 1. The van der Waals surface area contributed by atoms with Crippen molar-refractivity contribution in [3.05, 3.63) is 131 Å². The Labute approximate surface area is 237 Å². The normalized spacial score (nSPS) is 11.6. The van der Waals surface area contributed by atoms with Crippen LogP contribution in [0.3, 0.4) is 0 Å². The first-order valence-corrected chi connectivity index (χ1v) is 15.5. The quantitative estimate of drug-likeness (QED) is 0.209. The summed E-state index contributed by atoms with van der Waals surface area (Å²) in [5.41, 5.74) is 3.41. The molecule has 0 saturated carbocycles. The van der Waals surface area contributed by atoms with Crippen LogP contribution in [-0.2, 0) is 26.6 Å². The summed E-state index contributed by atoms with van der Waals surface area (Å²) in [6.45, 7) is 5.76. The topological polar surface area (TPSA) is 75.7 Å². The third kappa shape index (κ3) is 6.72. The fraction of sp³-hybridized carbons (Fsp3) is 0.242. The highest BCUT2D eigenvalue weighted by atomic mass is 32.2. The minimum atomic E-state index is -3.21. The molecule has 0 spiro atoms. The maximum Gasteiger partial charge on any atom is 0.413 e. The Hall–Kier alpha value is -4.10. The molecule has 0 fully saturated rings. The van der Waals surface area contributed by atoms with Crippen LogP contribution in [0.1, 0.15) is 36.1 Å². The van der Waals surface area contributed by atoms with Gasteiger partial charge in [-0.2, -0.15) is 0 Å². The van der Waals surface area contributed by atoms with Gasteiger partial charge in [-0.25, -0.2) is 13.2 Å². The van der Waals surface area contributed by atoms with Crippen molar-refractivity contribution in [1.29, 1.82) is 0 Å². The summed E-state index contributed by atoms with van der Waals surface area (Å²) in [6.07, 6.45) is 0.842. The van der Waals surface area contributed by atoms with E-state index in [-0.39, 0.29) is 12.2 Å². The third-order valence-corrected chi connectivity index (χ3v) is 7.93. The molecule has 0 saturated heterocycles. The number of carbonyl (C=O) groups is 1. The van der Waals surface area contributed by atoms with Gasteiger partial charge in [-0.3, -0.25) is 5.32 Å². The van der Waals surface area contributed by atoms with E-state index in [0.717, 1.165) is 41.0 Å². The summed E-state index contributed by atoms with van der Waals surface area (Å²) in [7, 11) is -3.21. The molecule has 4 aromatic rings. The minimum absolute atomic E-state index is 0.0274. The van der Waals surface area contributed by atoms with E-state index in [1.54, 1.807) is 0 Å². The van der Waals surface area contributed by atoms with E-state index in [4.69, 9.17) is 4.74 Å². The van der Waals surface area contributed by atoms with Crippen LogP contribution in [0.15, 0.2) is 109 Å². The van der Waals surface area contributed by atoms with Crippen molar-refractivity contribution in [2.45, 2.75) is 25.9 Å². The molecule has 6 nitrogen and oxygen atoms in total. The summed E-state index contributed by atoms with van der Waals surface area (Å²) in [6, 6.07) is 34.7. The summed E-state index contributed by atoms with van der Waals surface area (Å²) in [4.78, 5) is 15.9. The zero-order valence-electron chi connectivity index (χ0n) is 23.2. The van der Waals surface area contributed by atoms with Gasteiger partial charge in [-0.1, -0.05) is 91.0 Å². The Morgan fingerprint density at radius 3 is 1.68 bits per heavy atom. The first-order valence-electron chi connectivity index (χ1n) is 13.5. The second kappa shape index (κ2) is 12.8. The van der Waals surface area contributed by atoms with Gasteiger partial charge >= 0.3 is 6.09 Å². The molecular weight excluding hydrogens is 520 g/mol. The third-order valence-electron chi connectivity index (χ3n) is 6.98. The number of nitrogens with one attached hydrogen (secondary N) is 1. The largest absolute Gasteiger partial charge is 0.428 e. The molecule has 0 heterocycles. The standard InChI is InChI=1S/C33H36N2O4S/c1-4-35(5-2)30-21-22-31(26(25-30)23-24-40(3,37)38)34-32(36)39-33(27-15-9-6-10-16-27,28-17-11-7-12-18-28)29-19-13-8-14-20-29/h6-22,25H,4-5,23-24H2,1-3H3,(H,34,36). The summed E-state index contributed by atoms with van der Waals surface area (Å²) < 4.78 is 30.5. The van der Waals surface area contributed by atoms with Gasteiger partial charge in [0.2, 0.25) is 0 Å². The summed E-state index contributed by atoms with van der Waals surface area (Å²) in [5, 5.41) is 2.94. The Kier molecular flexibility index (Phi) is 9.27. The van der Waals surface area contributed by atoms with Gasteiger partial charge in [-0.05, 0) is 44.0 Å². The Balaban J connectivity index is 1.77. The monoisotopic (exact) mass is 556 g/mol. The minimum Gasteiger partial charge on any atom is -0.428 e. The van der Waals surface area contributed by atoms with Crippen LogP contribution in [0.25, 0.3) is 0 Å². The highest BCUT2D eigenvalue weighted by Crippen LogP contribution is 2.41. The van der Waals surface area contributed by atoms with Gasteiger partial charge in [0.25, 0.3) is 0 Å². The van der Waals surface area contributed by atoms with Crippen LogP contribution in [0.2, 0.25) is 0 Å².